The van der Waals surface area contributed by atoms with Gasteiger partial charge in [-0.15, -0.1) is 0 Å². The predicted molar refractivity (Wildman–Crippen MR) is 124 cm³/mol. The molecular weight excluding hydrogens is 412 g/mol. The number of sulfonamides is 1. The Kier molecular flexibility index (Phi) is 7.12. The molecule has 0 unspecified atom stereocenters. The van der Waals surface area contributed by atoms with Crippen LogP contribution in [0, 0.1) is 0 Å². The van der Waals surface area contributed by atoms with Crippen molar-refractivity contribution in [1.82, 2.24) is 13.9 Å². The van der Waals surface area contributed by atoms with E-state index in [4.69, 9.17) is 0 Å². The number of hydrogen-bond acceptors (Lipinski definition) is 4. The highest BCUT2D eigenvalue weighted by molar-refractivity contribution is 7.89. The highest BCUT2D eigenvalue weighted by Gasteiger charge is 2.23. The van der Waals surface area contributed by atoms with Crippen LogP contribution >= 0.6 is 0 Å². The Balaban J connectivity index is 1.82. The largest absolute Gasteiger partial charge is 0.331 e. The number of carbonyl (C=O) groups excluding carboxylic acids is 1. The topological polar surface area (TPSA) is 75.5 Å². The molecule has 0 bridgehead atoms. The van der Waals surface area contributed by atoms with Crippen molar-refractivity contribution in [3.8, 4) is 0 Å². The smallest absolute Gasteiger partial charge is 0.243 e. The molecule has 1 heterocycles. The Morgan fingerprint density at radius 2 is 1.68 bits per heavy atom. The first-order valence-corrected chi connectivity index (χ1v) is 12.1. The van der Waals surface area contributed by atoms with E-state index in [1.807, 2.05) is 62.7 Å². The summed E-state index contributed by atoms with van der Waals surface area (Å²) in [6.45, 7) is 7.04. The highest BCUT2D eigenvalue weighted by atomic mass is 32.2. The van der Waals surface area contributed by atoms with Crippen LogP contribution in [0.25, 0.3) is 11.0 Å². The molecule has 31 heavy (non-hydrogen) atoms. The van der Waals surface area contributed by atoms with Crippen LogP contribution in [0.1, 0.15) is 33.0 Å². The minimum atomic E-state index is -3.54. The Labute approximate surface area is 184 Å². The fourth-order valence-corrected chi connectivity index (χ4v) is 5.27. The van der Waals surface area contributed by atoms with E-state index >= 15 is 0 Å². The van der Waals surface area contributed by atoms with Crippen LogP contribution in [0.3, 0.4) is 0 Å². The zero-order chi connectivity index (χ0) is 22.6. The molecule has 0 aliphatic rings. The lowest BCUT2D eigenvalue weighted by Gasteiger charge is -2.20. The number of rotatable bonds is 9. The summed E-state index contributed by atoms with van der Waals surface area (Å²) in [4.78, 5) is 19.4. The predicted octanol–water partition coefficient (Wildman–Crippen LogP) is 3.59. The van der Waals surface area contributed by atoms with Crippen LogP contribution in [0.4, 0.5) is 5.69 Å². The van der Waals surface area contributed by atoms with Crippen LogP contribution in [0.2, 0.25) is 0 Å². The molecule has 8 heteroatoms. The van der Waals surface area contributed by atoms with Gasteiger partial charge in [-0.05, 0) is 37.3 Å². The van der Waals surface area contributed by atoms with E-state index < -0.39 is 10.0 Å². The molecule has 0 saturated carbocycles. The zero-order valence-electron chi connectivity index (χ0n) is 18.6. The molecule has 3 aromatic rings. The fourth-order valence-electron chi connectivity index (χ4n) is 3.79. The van der Waals surface area contributed by atoms with Gasteiger partial charge in [0.1, 0.15) is 5.82 Å². The minimum Gasteiger partial charge on any atom is -0.331 e. The molecule has 0 radical (unpaired) electrons. The van der Waals surface area contributed by atoms with Gasteiger partial charge in [-0.3, -0.25) is 4.79 Å². The van der Waals surface area contributed by atoms with Gasteiger partial charge < -0.3 is 9.47 Å². The van der Waals surface area contributed by atoms with Gasteiger partial charge in [0, 0.05) is 45.2 Å². The first kappa shape index (κ1) is 23.0. The van der Waals surface area contributed by atoms with E-state index in [-0.39, 0.29) is 10.8 Å². The zero-order valence-corrected chi connectivity index (χ0v) is 19.4. The van der Waals surface area contributed by atoms with Gasteiger partial charge in [-0.1, -0.05) is 32.0 Å². The summed E-state index contributed by atoms with van der Waals surface area (Å²) in [7, 11) is -1.65. The highest BCUT2D eigenvalue weighted by Crippen LogP contribution is 2.23. The third-order valence-electron chi connectivity index (χ3n) is 5.54. The van der Waals surface area contributed by atoms with Crippen molar-refractivity contribution in [2.45, 2.75) is 38.5 Å². The monoisotopic (exact) mass is 442 g/mol. The second-order valence-electron chi connectivity index (χ2n) is 7.30. The SMILES string of the molecule is CCN(C(=O)CCc1nc2cc(S(=O)(=O)N(CC)CC)ccc2n1C)c1ccccc1. The number of anilines is 1. The number of benzene rings is 2. The Morgan fingerprint density at radius 3 is 2.29 bits per heavy atom. The van der Waals surface area contributed by atoms with Crippen molar-refractivity contribution in [1.29, 1.82) is 0 Å². The van der Waals surface area contributed by atoms with Gasteiger partial charge in [-0.2, -0.15) is 4.31 Å². The molecule has 2 aromatic carbocycles. The number of aryl methyl sites for hydroxylation is 2. The van der Waals surface area contributed by atoms with E-state index in [9.17, 15) is 13.2 Å². The van der Waals surface area contributed by atoms with Gasteiger partial charge in [0.05, 0.1) is 15.9 Å². The molecule has 1 aromatic heterocycles. The number of fused-ring (bicyclic) bond motifs is 1. The number of hydrogen-bond donors (Lipinski definition) is 0. The van der Waals surface area contributed by atoms with Crippen LogP contribution in [-0.4, -0.2) is 47.8 Å². The van der Waals surface area contributed by atoms with Crippen molar-refractivity contribution < 1.29 is 13.2 Å². The maximum Gasteiger partial charge on any atom is 0.243 e. The van der Waals surface area contributed by atoms with Crippen molar-refractivity contribution in [2.24, 2.45) is 7.05 Å². The molecule has 166 valence electrons. The van der Waals surface area contributed by atoms with Gasteiger partial charge >= 0.3 is 0 Å². The normalized spacial score (nSPS) is 11.9. The Morgan fingerprint density at radius 1 is 1.00 bits per heavy atom. The lowest BCUT2D eigenvalue weighted by molar-refractivity contribution is -0.118. The molecule has 0 saturated heterocycles. The van der Waals surface area contributed by atoms with Crippen LogP contribution in [0.5, 0.6) is 0 Å². The van der Waals surface area contributed by atoms with E-state index in [1.165, 1.54) is 4.31 Å². The van der Waals surface area contributed by atoms with Gasteiger partial charge in [-0.25, -0.2) is 13.4 Å². The van der Waals surface area contributed by atoms with E-state index in [1.54, 1.807) is 23.1 Å². The summed E-state index contributed by atoms with van der Waals surface area (Å²) in [5, 5.41) is 0. The third-order valence-corrected chi connectivity index (χ3v) is 7.58. The number of carbonyl (C=O) groups is 1. The number of aromatic nitrogens is 2. The van der Waals surface area contributed by atoms with Crippen molar-refractivity contribution in [3.05, 3.63) is 54.4 Å². The molecule has 0 aliphatic carbocycles. The Hall–Kier alpha value is -2.71. The van der Waals surface area contributed by atoms with Crippen molar-refractivity contribution in [3.63, 3.8) is 0 Å². The van der Waals surface area contributed by atoms with Gasteiger partial charge in [0.2, 0.25) is 15.9 Å². The van der Waals surface area contributed by atoms with Gasteiger partial charge in [0.25, 0.3) is 0 Å². The molecule has 3 rings (SSSR count). The summed E-state index contributed by atoms with van der Waals surface area (Å²) in [6.07, 6.45) is 0.802. The van der Waals surface area contributed by atoms with E-state index in [0.717, 1.165) is 17.0 Å². The van der Waals surface area contributed by atoms with E-state index in [0.29, 0.717) is 38.0 Å². The first-order valence-electron chi connectivity index (χ1n) is 10.6. The Bertz CT molecular complexity index is 1150. The third kappa shape index (κ3) is 4.65. The average molecular weight is 443 g/mol. The summed E-state index contributed by atoms with van der Waals surface area (Å²) in [5.74, 6) is 0.787. The number of para-hydroxylation sites is 1. The van der Waals surface area contributed by atoms with E-state index in [2.05, 4.69) is 4.98 Å². The number of amides is 1. The average Bonchev–Trinajstić information content (AvgIpc) is 3.09. The summed E-state index contributed by atoms with van der Waals surface area (Å²) in [5.41, 5.74) is 2.34. The summed E-state index contributed by atoms with van der Waals surface area (Å²) in [6, 6.07) is 14.6. The standard InChI is InChI=1S/C23H30N4O3S/c1-5-26(6-2)31(29,30)19-13-14-21-20(17-19)24-22(25(21)4)15-16-23(28)27(7-3)18-11-9-8-10-12-18/h8-14,17H,5-7,15-16H2,1-4H3. The molecule has 7 nitrogen and oxygen atoms in total. The van der Waals surface area contributed by atoms with Crippen molar-refractivity contribution in [2.75, 3.05) is 24.5 Å². The summed E-state index contributed by atoms with van der Waals surface area (Å²) >= 11 is 0. The second-order valence-corrected chi connectivity index (χ2v) is 9.24. The molecule has 0 N–H and O–H groups in total. The number of nitrogens with zero attached hydrogens (tertiary/aromatic N) is 4. The molecule has 0 spiro atoms. The fraction of sp³-hybridized carbons (Fsp3) is 0.391. The molecule has 0 aliphatic heterocycles. The molecule has 0 fully saturated rings. The van der Waals surface area contributed by atoms with Gasteiger partial charge in [0.15, 0.2) is 0 Å². The number of imidazole rings is 1. The second kappa shape index (κ2) is 9.62. The molecule has 1 amide bonds. The first-order chi connectivity index (χ1) is 14.8. The van der Waals surface area contributed by atoms with Crippen LogP contribution in [-0.2, 0) is 28.3 Å². The van der Waals surface area contributed by atoms with Crippen LogP contribution in [0.15, 0.2) is 53.4 Å². The lowest BCUT2D eigenvalue weighted by atomic mass is 10.2. The van der Waals surface area contributed by atoms with Crippen LogP contribution < -0.4 is 4.90 Å². The van der Waals surface area contributed by atoms with Crippen molar-refractivity contribution >= 4 is 32.7 Å². The molecular formula is C23H30N4O3S. The minimum absolute atomic E-state index is 0.0329. The molecule has 0 atom stereocenters. The quantitative estimate of drug-likeness (QED) is 0.508. The summed E-state index contributed by atoms with van der Waals surface area (Å²) < 4.78 is 29.0. The maximum absolute atomic E-state index is 12.8. The maximum atomic E-state index is 12.8. The lowest BCUT2D eigenvalue weighted by Crippen LogP contribution is -2.30.